The zero-order valence-corrected chi connectivity index (χ0v) is 9.24. The predicted octanol–water partition coefficient (Wildman–Crippen LogP) is 0.0178. The van der Waals surface area contributed by atoms with Crippen LogP contribution in [-0.4, -0.2) is 38.0 Å². The minimum Gasteiger partial charge on any atom is -0.394 e. The van der Waals surface area contributed by atoms with Gasteiger partial charge < -0.3 is 15.3 Å². The molecule has 1 aromatic heterocycles. The molecule has 3 N–H and O–H groups in total. The van der Waals surface area contributed by atoms with E-state index < -0.39 is 6.10 Å². The van der Waals surface area contributed by atoms with Crippen LogP contribution >= 0.6 is 0 Å². The zero-order valence-electron chi connectivity index (χ0n) is 9.24. The van der Waals surface area contributed by atoms with Crippen LogP contribution in [0.2, 0.25) is 0 Å². The second-order valence-corrected chi connectivity index (χ2v) is 3.80. The topological polar surface area (TPSA) is 86.5 Å². The number of hydrogen-bond acceptors (Lipinski definition) is 5. The third-order valence-electron chi connectivity index (χ3n) is 2.52. The zero-order chi connectivity index (χ0) is 12.3. The third-order valence-corrected chi connectivity index (χ3v) is 2.52. The van der Waals surface area contributed by atoms with Gasteiger partial charge in [0.1, 0.15) is 0 Å². The molecule has 2 rings (SSSR count). The first-order valence-corrected chi connectivity index (χ1v) is 5.39. The molecule has 0 aliphatic carbocycles. The van der Waals surface area contributed by atoms with E-state index in [9.17, 15) is 10.2 Å². The number of aliphatic hydroxyl groups is 3. The molecule has 0 aliphatic heterocycles. The molecule has 0 fully saturated rings. The molecular formula is C12H14N2O3. The summed E-state index contributed by atoms with van der Waals surface area (Å²) in [4.78, 5) is 8.62. The second kappa shape index (κ2) is 5.18. The molecule has 0 spiro atoms. The van der Waals surface area contributed by atoms with Crippen LogP contribution < -0.4 is 0 Å². The van der Waals surface area contributed by atoms with E-state index >= 15 is 0 Å². The summed E-state index contributed by atoms with van der Waals surface area (Å²) in [6, 6.07) is 7.33. The highest BCUT2D eigenvalue weighted by Gasteiger charge is 2.12. The highest BCUT2D eigenvalue weighted by Crippen LogP contribution is 2.14. The predicted molar refractivity (Wildman–Crippen MR) is 62.3 cm³/mol. The van der Waals surface area contributed by atoms with Gasteiger partial charge >= 0.3 is 0 Å². The lowest BCUT2D eigenvalue weighted by molar-refractivity contribution is 0.0942. The number of aliphatic hydroxyl groups excluding tert-OH is 3. The molecule has 5 nitrogen and oxygen atoms in total. The van der Waals surface area contributed by atoms with Gasteiger partial charge in [-0.2, -0.15) is 0 Å². The van der Waals surface area contributed by atoms with Gasteiger partial charge in [-0.05, 0) is 12.1 Å². The van der Waals surface area contributed by atoms with Crippen molar-refractivity contribution in [3.63, 3.8) is 0 Å². The van der Waals surface area contributed by atoms with Crippen molar-refractivity contribution >= 4 is 11.0 Å². The molecule has 5 heteroatoms. The molecule has 17 heavy (non-hydrogen) atoms. The Kier molecular flexibility index (Phi) is 3.63. The van der Waals surface area contributed by atoms with Gasteiger partial charge in [-0.1, -0.05) is 12.1 Å². The van der Waals surface area contributed by atoms with Gasteiger partial charge in [0.05, 0.1) is 41.7 Å². The Labute approximate surface area is 98.4 Å². The first kappa shape index (κ1) is 11.9. The van der Waals surface area contributed by atoms with E-state index in [4.69, 9.17) is 5.11 Å². The maximum atomic E-state index is 9.40. The summed E-state index contributed by atoms with van der Waals surface area (Å²) < 4.78 is 0. The van der Waals surface area contributed by atoms with E-state index in [1.165, 1.54) is 0 Å². The summed E-state index contributed by atoms with van der Waals surface area (Å²) in [5, 5.41) is 27.4. The molecule has 1 aromatic carbocycles. The summed E-state index contributed by atoms with van der Waals surface area (Å²) in [7, 11) is 0. The first-order chi connectivity index (χ1) is 8.24. The Morgan fingerprint density at radius 1 is 1.00 bits per heavy atom. The van der Waals surface area contributed by atoms with Gasteiger partial charge in [-0.3, -0.25) is 0 Å². The van der Waals surface area contributed by atoms with Crippen molar-refractivity contribution in [1.82, 2.24) is 9.97 Å². The van der Waals surface area contributed by atoms with Crippen LogP contribution in [0.15, 0.2) is 24.3 Å². The Hall–Kier alpha value is -1.56. The summed E-state index contributed by atoms with van der Waals surface area (Å²) in [6.45, 7) is -0.565. The van der Waals surface area contributed by atoms with Crippen LogP contribution in [0.1, 0.15) is 11.4 Å². The van der Waals surface area contributed by atoms with Crippen molar-refractivity contribution in [2.75, 3.05) is 6.61 Å². The van der Waals surface area contributed by atoms with Crippen LogP contribution in [0.3, 0.4) is 0 Å². The molecule has 1 heterocycles. The highest BCUT2D eigenvalue weighted by molar-refractivity contribution is 5.74. The molecule has 90 valence electrons. The van der Waals surface area contributed by atoms with E-state index in [-0.39, 0.29) is 19.6 Å². The van der Waals surface area contributed by atoms with Crippen molar-refractivity contribution in [1.29, 1.82) is 0 Å². The summed E-state index contributed by atoms with van der Waals surface area (Å²) in [5.41, 5.74) is 2.38. The summed E-state index contributed by atoms with van der Waals surface area (Å²) in [6.07, 6.45) is -0.694. The average Bonchev–Trinajstić information content (AvgIpc) is 2.37. The fourth-order valence-corrected chi connectivity index (χ4v) is 1.65. The third kappa shape index (κ3) is 2.58. The lowest BCUT2D eigenvalue weighted by Crippen LogP contribution is -2.18. The lowest BCUT2D eigenvalue weighted by atomic mass is 10.1. The molecular weight excluding hydrogens is 220 g/mol. The van der Waals surface area contributed by atoms with Crippen LogP contribution in [0.4, 0.5) is 0 Å². The summed E-state index contributed by atoms with van der Waals surface area (Å²) in [5.74, 6) is 0. The Morgan fingerprint density at radius 3 is 2.12 bits per heavy atom. The van der Waals surface area contributed by atoms with E-state index in [1.54, 1.807) is 0 Å². The standard InChI is InChI=1S/C12H14N2O3/c15-6-8(17)5-11-12(7-16)14-10-4-2-1-3-9(10)13-11/h1-4,8,15-17H,5-7H2/t8-/m0/s1. The number of fused-ring (bicyclic) bond motifs is 1. The van der Waals surface area contributed by atoms with E-state index in [2.05, 4.69) is 9.97 Å². The smallest absolute Gasteiger partial charge is 0.0891 e. The molecule has 0 saturated heterocycles. The van der Waals surface area contributed by atoms with Crippen LogP contribution in [-0.2, 0) is 13.0 Å². The molecule has 0 radical (unpaired) electrons. The number of aromatic nitrogens is 2. The largest absolute Gasteiger partial charge is 0.394 e. The Bertz CT molecular complexity index is 516. The molecule has 0 aliphatic rings. The number of rotatable bonds is 4. The fraction of sp³-hybridized carbons (Fsp3) is 0.333. The molecule has 2 aromatic rings. The fourth-order valence-electron chi connectivity index (χ4n) is 1.65. The summed E-state index contributed by atoms with van der Waals surface area (Å²) >= 11 is 0. The van der Waals surface area contributed by atoms with Gasteiger partial charge in [0.2, 0.25) is 0 Å². The van der Waals surface area contributed by atoms with Crippen molar-refractivity contribution in [3.8, 4) is 0 Å². The normalized spacial score (nSPS) is 12.9. The Morgan fingerprint density at radius 2 is 1.59 bits per heavy atom. The van der Waals surface area contributed by atoms with Gasteiger partial charge in [-0.25, -0.2) is 9.97 Å². The molecule has 0 amide bonds. The number of hydrogen-bond donors (Lipinski definition) is 3. The van der Waals surface area contributed by atoms with E-state index in [0.29, 0.717) is 22.4 Å². The maximum absolute atomic E-state index is 9.40. The van der Waals surface area contributed by atoms with E-state index in [1.807, 2.05) is 24.3 Å². The second-order valence-electron chi connectivity index (χ2n) is 3.80. The van der Waals surface area contributed by atoms with Crippen molar-refractivity contribution in [2.24, 2.45) is 0 Å². The van der Waals surface area contributed by atoms with E-state index in [0.717, 1.165) is 0 Å². The molecule has 0 saturated carbocycles. The van der Waals surface area contributed by atoms with Gasteiger partial charge in [0.25, 0.3) is 0 Å². The molecule has 0 bridgehead atoms. The molecule has 1 atom stereocenters. The minimum absolute atomic E-state index is 0.185. The number of benzene rings is 1. The lowest BCUT2D eigenvalue weighted by Gasteiger charge is -2.10. The van der Waals surface area contributed by atoms with Gasteiger partial charge in [0.15, 0.2) is 0 Å². The van der Waals surface area contributed by atoms with Crippen molar-refractivity contribution in [3.05, 3.63) is 35.7 Å². The Balaban J connectivity index is 2.45. The minimum atomic E-state index is -0.879. The molecule has 0 unspecified atom stereocenters. The van der Waals surface area contributed by atoms with Gasteiger partial charge in [0, 0.05) is 6.42 Å². The van der Waals surface area contributed by atoms with Crippen molar-refractivity contribution < 1.29 is 15.3 Å². The van der Waals surface area contributed by atoms with Crippen LogP contribution in [0.25, 0.3) is 11.0 Å². The van der Waals surface area contributed by atoms with Crippen LogP contribution in [0, 0.1) is 0 Å². The monoisotopic (exact) mass is 234 g/mol. The van der Waals surface area contributed by atoms with Crippen LogP contribution in [0.5, 0.6) is 0 Å². The number of nitrogens with zero attached hydrogens (tertiary/aromatic N) is 2. The number of para-hydroxylation sites is 2. The van der Waals surface area contributed by atoms with Crippen molar-refractivity contribution in [2.45, 2.75) is 19.1 Å². The SMILES string of the molecule is OCc1nc2ccccc2nc1C[C@H](O)CO. The quantitative estimate of drug-likeness (QED) is 0.694. The maximum Gasteiger partial charge on any atom is 0.0891 e. The average molecular weight is 234 g/mol. The highest BCUT2D eigenvalue weighted by atomic mass is 16.3. The first-order valence-electron chi connectivity index (χ1n) is 5.39. The van der Waals surface area contributed by atoms with Gasteiger partial charge in [-0.15, -0.1) is 0 Å².